The molecular weight excluding hydrogens is 418 g/mol. The summed E-state index contributed by atoms with van der Waals surface area (Å²) in [7, 11) is 0. The molecule has 178 valence electrons. The number of unbranched alkanes of at least 4 members (excludes halogenated alkanes) is 1. The molecule has 0 aliphatic heterocycles. The van der Waals surface area contributed by atoms with E-state index in [1.54, 1.807) is 11.3 Å². The highest BCUT2D eigenvalue weighted by atomic mass is 32.1. The third kappa shape index (κ3) is 6.48. The maximum atomic E-state index is 9.64. The number of nitriles is 1. The molecule has 0 radical (unpaired) electrons. The van der Waals surface area contributed by atoms with Gasteiger partial charge < -0.3 is 0 Å². The van der Waals surface area contributed by atoms with Gasteiger partial charge in [0.15, 0.2) is 0 Å². The summed E-state index contributed by atoms with van der Waals surface area (Å²) in [6.07, 6.45) is 17.0. The molecule has 0 aromatic carbocycles. The molecule has 0 saturated carbocycles. The Morgan fingerprint density at radius 1 is 1.30 bits per heavy atom. The number of fused-ring (bicyclic) bond motifs is 1. The molecule has 2 heteroatoms. The highest BCUT2D eigenvalue weighted by molar-refractivity contribution is 7.10. The molecule has 0 saturated heterocycles. The van der Waals surface area contributed by atoms with E-state index in [4.69, 9.17) is 0 Å². The zero-order valence-corrected chi connectivity index (χ0v) is 22.6. The Balaban J connectivity index is 2.17. The van der Waals surface area contributed by atoms with Gasteiger partial charge in [-0.1, -0.05) is 95.6 Å². The molecule has 0 spiro atoms. The molecular formula is C31H43NS. The molecule has 1 aromatic heterocycles. The van der Waals surface area contributed by atoms with E-state index in [0.717, 1.165) is 29.6 Å². The van der Waals surface area contributed by atoms with E-state index >= 15 is 0 Å². The Hall–Kier alpha value is -2.11. The van der Waals surface area contributed by atoms with Crippen molar-refractivity contribution in [3.8, 4) is 6.07 Å². The minimum atomic E-state index is -0.0885. The van der Waals surface area contributed by atoms with E-state index in [-0.39, 0.29) is 5.41 Å². The van der Waals surface area contributed by atoms with Crippen LogP contribution in [0.15, 0.2) is 65.1 Å². The van der Waals surface area contributed by atoms with E-state index in [9.17, 15) is 5.26 Å². The van der Waals surface area contributed by atoms with Gasteiger partial charge >= 0.3 is 0 Å². The molecule has 2 rings (SSSR count). The topological polar surface area (TPSA) is 23.8 Å². The number of thiophene rings is 1. The molecule has 1 unspecified atom stereocenters. The van der Waals surface area contributed by atoms with Crippen LogP contribution in [0.4, 0.5) is 0 Å². The van der Waals surface area contributed by atoms with Crippen LogP contribution in [0.3, 0.4) is 0 Å². The molecule has 1 heterocycles. The Bertz CT molecular complexity index is 977. The van der Waals surface area contributed by atoms with Crippen molar-refractivity contribution in [2.75, 3.05) is 0 Å². The molecule has 0 fully saturated rings. The second-order valence-corrected chi connectivity index (χ2v) is 11.0. The van der Waals surface area contributed by atoms with Gasteiger partial charge in [-0.3, -0.25) is 0 Å². The van der Waals surface area contributed by atoms with Crippen molar-refractivity contribution in [1.82, 2.24) is 0 Å². The number of hydrogen-bond acceptors (Lipinski definition) is 2. The number of aryl methyl sites for hydroxylation is 1. The van der Waals surface area contributed by atoms with Crippen LogP contribution in [0.25, 0.3) is 0 Å². The molecule has 0 N–H and O–H groups in total. The molecule has 1 aromatic rings. The van der Waals surface area contributed by atoms with Crippen molar-refractivity contribution in [2.24, 2.45) is 11.8 Å². The predicted molar refractivity (Wildman–Crippen MR) is 147 cm³/mol. The van der Waals surface area contributed by atoms with Crippen molar-refractivity contribution in [2.45, 2.75) is 91.9 Å². The van der Waals surface area contributed by atoms with Gasteiger partial charge in [-0.15, -0.1) is 11.3 Å². The van der Waals surface area contributed by atoms with Gasteiger partial charge in [0.05, 0.1) is 5.56 Å². The van der Waals surface area contributed by atoms with E-state index < -0.39 is 0 Å². The molecule has 1 aliphatic carbocycles. The van der Waals surface area contributed by atoms with Gasteiger partial charge in [-0.25, -0.2) is 0 Å². The summed E-state index contributed by atoms with van der Waals surface area (Å²) in [5, 5.41) is 11.7. The molecule has 3 atom stereocenters. The van der Waals surface area contributed by atoms with Crippen molar-refractivity contribution < 1.29 is 0 Å². The zero-order chi connectivity index (χ0) is 24.6. The van der Waals surface area contributed by atoms with Gasteiger partial charge in [0.1, 0.15) is 6.07 Å². The fourth-order valence-corrected chi connectivity index (χ4v) is 6.16. The Morgan fingerprint density at radius 3 is 2.67 bits per heavy atom. The highest BCUT2D eigenvalue weighted by Gasteiger charge is 2.37. The first-order chi connectivity index (χ1) is 15.7. The maximum Gasteiger partial charge on any atom is 0.100 e. The van der Waals surface area contributed by atoms with E-state index in [0.29, 0.717) is 11.8 Å². The van der Waals surface area contributed by atoms with Gasteiger partial charge in [-0.2, -0.15) is 5.26 Å². The van der Waals surface area contributed by atoms with Crippen LogP contribution in [0.2, 0.25) is 0 Å². The van der Waals surface area contributed by atoms with Crippen LogP contribution in [-0.4, -0.2) is 0 Å². The quantitative estimate of drug-likeness (QED) is 0.301. The van der Waals surface area contributed by atoms with Gasteiger partial charge in [0.2, 0.25) is 0 Å². The zero-order valence-electron chi connectivity index (χ0n) is 21.8. The van der Waals surface area contributed by atoms with Gasteiger partial charge in [0, 0.05) is 15.7 Å². The standard InChI is InChI=1S/C31H43NS/c1-9-11-16-28(22(3)10-2)24(5)15-12-14-23(4)25(6)19-26(7)31(8)18-13-17-29-30(31)27(20-32)21-33-29/h12,14-15,19,21-22,28H,5-6,9-11,13,16-18H2,1-4,7-8H3/b15-12-,23-14+,26-19+/t22-,28?,31+/m0/s1. The summed E-state index contributed by atoms with van der Waals surface area (Å²) in [5.74, 6) is 1.22. The first-order valence-corrected chi connectivity index (χ1v) is 13.5. The van der Waals surface area contributed by atoms with Crippen LogP contribution in [0.1, 0.15) is 96.1 Å². The van der Waals surface area contributed by atoms with E-state index in [1.165, 1.54) is 53.7 Å². The van der Waals surface area contributed by atoms with Crippen molar-refractivity contribution in [3.63, 3.8) is 0 Å². The monoisotopic (exact) mass is 461 g/mol. The first-order valence-electron chi connectivity index (χ1n) is 12.6. The van der Waals surface area contributed by atoms with Crippen LogP contribution in [-0.2, 0) is 11.8 Å². The number of rotatable bonds is 11. The smallest absolute Gasteiger partial charge is 0.100 e. The first kappa shape index (κ1) is 27.1. The van der Waals surface area contributed by atoms with Crippen LogP contribution >= 0.6 is 11.3 Å². The van der Waals surface area contributed by atoms with E-state index in [2.05, 4.69) is 85.1 Å². The van der Waals surface area contributed by atoms with Crippen LogP contribution < -0.4 is 0 Å². The summed E-state index contributed by atoms with van der Waals surface area (Å²) >= 11 is 1.74. The molecule has 0 bridgehead atoms. The van der Waals surface area contributed by atoms with Gasteiger partial charge in [0.25, 0.3) is 0 Å². The number of nitrogens with zero attached hydrogens (tertiary/aromatic N) is 1. The lowest BCUT2D eigenvalue weighted by atomic mass is 9.68. The summed E-state index contributed by atoms with van der Waals surface area (Å²) < 4.78 is 0. The predicted octanol–water partition coefficient (Wildman–Crippen LogP) is 9.63. The summed E-state index contributed by atoms with van der Waals surface area (Å²) in [6, 6.07) is 2.43. The summed E-state index contributed by atoms with van der Waals surface area (Å²) in [5.41, 5.74) is 6.75. The van der Waals surface area contributed by atoms with Crippen molar-refractivity contribution in [3.05, 3.63) is 81.1 Å². The Labute approximate surface area is 207 Å². The third-order valence-electron chi connectivity index (χ3n) is 7.72. The van der Waals surface area contributed by atoms with Gasteiger partial charge in [-0.05, 0) is 68.1 Å². The Morgan fingerprint density at radius 2 is 2.03 bits per heavy atom. The summed E-state index contributed by atoms with van der Waals surface area (Å²) in [4.78, 5) is 1.38. The molecule has 33 heavy (non-hydrogen) atoms. The van der Waals surface area contributed by atoms with Crippen molar-refractivity contribution >= 4 is 11.3 Å². The number of hydrogen-bond donors (Lipinski definition) is 0. The number of allylic oxidation sites excluding steroid dienone is 8. The lowest BCUT2D eigenvalue weighted by Crippen LogP contribution is -2.28. The average molecular weight is 462 g/mol. The minimum Gasteiger partial charge on any atom is -0.192 e. The molecule has 1 aliphatic rings. The molecule has 1 nitrogen and oxygen atoms in total. The van der Waals surface area contributed by atoms with Crippen LogP contribution in [0, 0.1) is 23.2 Å². The highest BCUT2D eigenvalue weighted by Crippen LogP contribution is 2.46. The summed E-state index contributed by atoms with van der Waals surface area (Å²) in [6.45, 7) is 22.3. The van der Waals surface area contributed by atoms with Crippen LogP contribution in [0.5, 0.6) is 0 Å². The molecule has 0 amide bonds. The fourth-order valence-electron chi connectivity index (χ4n) is 5.02. The second-order valence-electron chi connectivity index (χ2n) is 10.0. The second kappa shape index (κ2) is 12.4. The Kier molecular flexibility index (Phi) is 10.2. The van der Waals surface area contributed by atoms with E-state index in [1.807, 2.05) is 5.38 Å². The maximum absolute atomic E-state index is 9.64. The lowest BCUT2D eigenvalue weighted by molar-refractivity contribution is 0.372. The fraction of sp³-hybridized carbons (Fsp3) is 0.516. The van der Waals surface area contributed by atoms with Crippen molar-refractivity contribution in [1.29, 1.82) is 5.26 Å². The minimum absolute atomic E-state index is 0.0885. The third-order valence-corrected chi connectivity index (χ3v) is 8.77. The normalized spacial score (nSPS) is 20.9. The average Bonchev–Trinajstić information content (AvgIpc) is 3.23. The lowest BCUT2D eigenvalue weighted by Gasteiger charge is -2.36. The largest absolute Gasteiger partial charge is 0.192 e. The SMILES string of the molecule is C=C(/C=C(\C)[C@@]1(C)CCCc2scc(C#N)c21)/C(C)=C/C=C\C(=C)C(CCCC)[C@@H](C)CC.